The topological polar surface area (TPSA) is 105 Å². The van der Waals surface area contributed by atoms with Crippen LogP contribution in [0, 0.1) is 0 Å². The van der Waals surface area contributed by atoms with Gasteiger partial charge in [-0.1, -0.05) is 30.3 Å². The molecule has 1 aromatic heterocycles. The maximum atomic E-state index is 12.4. The first-order valence-corrected chi connectivity index (χ1v) is 11.4. The molecule has 28 heavy (non-hydrogen) atoms. The summed E-state index contributed by atoms with van der Waals surface area (Å²) in [6, 6.07) is 17.6. The highest BCUT2D eigenvalue weighted by Crippen LogP contribution is 2.15. The van der Waals surface area contributed by atoms with E-state index >= 15 is 0 Å². The lowest BCUT2D eigenvalue weighted by molar-refractivity contribution is 0.577. The van der Waals surface area contributed by atoms with E-state index < -0.39 is 20.0 Å². The fourth-order valence-electron chi connectivity index (χ4n) is 2.42. The second-order valence-electron chi connectivity index (χ2n) is 5.96. The van der Waals surface area contributed by atoms with E-state index in [-0.39, 0.29) is 22.9 Å². The van der Waals surface area contributed by atoms with Crippen molar-refractivity contribution in [1.82, 2.24) is 14.4 Å². The Morgan fingerprint density at radius 1 is 0.607 bits per heavy atom. The molecule has 146 valence electrons. The summed E-state index contributed by atoms with van der Waals surface area (Å²) in [4.78, 5) is 3.86. The van der Waals surface area contributed by atoms with Gasteiger partial charge in [0.05, 0.1) is 9.79 Å². The van der Waals surface area contributed by atoms with Crippen LogP contribution in [0.3, 0.4) is 0 Å². The molecule has 0 amide bonds. The van der Waals surface area contributed by atoms with Crippen molar-refractivity contribution < 1.29 is 16.8 Å². The Morgan fingerprint density at radius 3 is 1.50 bits per heavy atom. The third kappa shape index (κ3) is 5.23. The standard InChI is InChI=1S/C19H19N3O4S2/c23-27(24,21-14-16-4-2-1-3-5-16)18-6-8-19(9-7-18)28(25,26)22-15-17-10-12-20-13-11-17/h1-13,21-22H,14-15H2. The molecule has 0 aliphatic rings. The number of hydrogen-bond acceptors (Lipinski definition) is 5. The molecule has 0 aliphatic carbocycles. The molecular weight excluding hydrogens is 398 g/mol. The number of nitrogens with one attached hydrogen (secondary N) is 2. The van der Waals surface area contributed by atoms with E-state index in [2.05, 4.69) is 14.4 Å². The predicted octanol–water partition coefficient (Wildman–Crippen LogP) is 2.04. The number of sulfonamides is 2. The van der Waals surface area contributed by atoms with Gasteiger partial charge in [-0.25, -0.2) is 26.3 Å². The molecule has 7 nitrogen and oxygen atoms in total. The van der Waals surface area contributed by atoms with Gasteiger partial charge in [-0.15, -0.1) is 0 Å². The lowest BCUT2D eigenvalue weighted by Gasteiger charge is -2.09. The van der Waals surface area contributed by atoms with Gasteiger partial charge < -0.3 is 0 Å². The van der Waals surface area contributed by atoms with E-state index in [1.54, 1.807) is 24.5 Å². The molecule has 0 unspecified atom stereocenters. The Morgan fingerprint density at radius 2 is 1.04 bits per heavy atom. The summed E-state index contributed by atoms with van der Waals surface area (Å²) in [6.07, 6.45) is 3.15. The monoisotopic (exact) mass is 417 g/mol. The average molecular weight is 418 g/mol. The molecule has 0 aliphatic heterocycles. The predicted molar refractivity (Wildman–Crippen MR) is 105 cm³/mol. The highest BCUT2D eigenvalue weighted by molar-refractivity contribution is 7.90. The third-order valence-electron chi connectivity index (χ3n) is 3.97. The maximum Gasteiger partial charge on any atom is 0.240 e. The summed E-state index contributed by atoms with van der Waals surface area (Å²) in [5.41, 5.74) is 1.59. The zero-order valence-corrected chi connectivity index (χ0v) is 16.4. The van der Waals surface area contributed by atoms with Crippen LogP contribution >= 0.6 is 0 Å². The molecule has 9 heteroatoms. The van der Waals surface area contributed by atoms with E-state index in [1.165, 1.54) is 24.3 Å². The normalized spacial score (nSPS) is 12.0. The van der Waals surface area contributed by atoms with Gasteiger partial charge in [0, 0.05) is 25.5 Å². The van der Waals surface area contributed by atoms with Crippen LogP contribution in [0.2, 0.25) is 0 Å². The summed E-state index contributed by atoms with van der Waals surface area (Å²) >= 11 is 0. The fourth-order valence-corrected chi connectivity index (χ4v) is 4.45. The van der Waals surface area contributed by atoms with Crippen molar-refractivity contribution in [3.05, 3.63) is 90.3 Å². The number of hydrogen-bond donors (Lipinski definition) is 2. The Labute approximate surface area is 164 Å². The van der Waals surface area contributed by atoms with Crippen LogP contribution in [-0.2, 0) is 33.1 Å². The van der Waals surface area contributed by atoms with Crippen molar-refractivity contribution in [2.45, 2.75) is 22.9 Å². The molecule has 2 N–H and O–H groups in total. The second kappa shape index (κ2) is 8.61. The second-order valence-corrected chi connectivity index (χ2v) is 9.50. The largest absolute Gasteiger partial charge is 0.265 e. The minimum Gasteiger partial charge on any atom is -0.265 e. The molecule has 0 spiro atoms. The van der Waals surface area contributed by atoms with E-state index in [1.807, 2.05) is 30.3 Å². The molecule has 0 bridgehead atoms. The van der Waals surface area contributed by atoms with Crippen LogP contribution in [0.15, 0.2) is 88.9 Å². The van der Waals surface area contributed by atoms with Gasteiger partial charge in [-0.05, 0) is 47.5 Å². The highest BCUT2D eigenvalue weighted by atomic mass is 32.2. The molecule has 0 saturated heterocycles. The number of aromatic nitrogens is 1. The van der Waals surface area contributed by atoms with Gasteiger partial charge in [-0.3, -0.25) is 4.98 Å². The zero-order valence-electron chi connectivity index (χ0n) is 14.8. The van der Waals surface area contributed by atoms with E-state index in [4.69, 9.17) is 0 Å². The maximum absolute atomic E-state index is 12.4. The number of pyridine rings is 1. The Balaban J connectivity index is 1.67. The molecule has 3 rings (SSSR count). The van der Waals surface area contributed by atoms with E-state index in [0.717, 1.165) is 11.1 Å². The van der Waals surface area contributed by atoms with E-state index in [9.17, 15) is 16.8 Å². The van der Waals surface area contributed by atoms with Crippen molar-refractivity contribution in [2.75, 3.05) is 0 Å². The Kier molecular flexibility index (Phi) is 6.20. The van der Waals surface area contributed by atoms with Crippen LogP contribution in [0.5, 0.6) is 0 Å². The smallest absolute Gasteiger partial charge is 0.240 e. The van der Waals surface area contributed by atoms with Crippen LogP contribution < -0.4 is 9.44 Å². The number of nitrogens with zero attached hydrogens (tertiary/aromatic N) is 1. The van der Waals surface area contributed by atoms with Crippen LogP contribution in [0.1, 0.15) is 11.1 Å². The minimum absolute atomic E-state index is 0.00323. The van der Waals surface area contributed by atoms with Crippen LogP contribution in [-0.4, -0.2) is 21.8 Å². The summed E-state index contributed by atoms with van der Waals surface area (Å²) < 4.78 is 54.5. The molecular formula is C19H19N3O4S2. The van der Waals surface area contributed by atoms with Crippen molar-refractivity contribution in [2.24, 2.45) is 0 Å². The summed E-state index contributed by atoms with van der Waals surface area (Å²) in [7, 11) is -7.51. The third-order valence-corrected chi connectivity index (χ3v) is 6.80. The van der Waals surface area contributed by atoms with Crippen molar-refractivity contribution >= 4 is 20.0 Å². The molecule has 0 saturated carbocycles. The summed E-state index contributed by atoms with van der Waals surface area (Å²) in [6.45, 7) is 0.264. The zero-order chi connectivity index (χ0) is 20.0. The molecule has 2 aromatic carbocycles. The fraction of sp³-hybridized carbons (Fsp3) is 0.105. The first-order valence-electron chi connectivity index (χ1n) is 8.39. The first kappa shape index (κ1) is 20.2. The van der Waals surface area contributed by atoms with Crippen molar-refractivity contribution in [1.29, 1.82) is 0 Å². The molecule has 1 heterocycles. The lowest BCUT2D eigenvalue weighted by atomic mass is 10.2. The minimum atomic E-state index is -3.76. The van der Waals surface area contributed by atoms with Gasteiger partial charge in [0.2, 0.25) is 20.0 Å². The van der Waals surface area contributed by atoms with Crippen LogP contribution in [0.4, 0.5) is 0 Å². The molecule has 0 atom stereocenters. The quantitative estimate of drug-likeness (QED) is 0.584. The lowest BCUT2D eigenvalue weighted by Crippen LogP contribution is -2.24. The SMILES string of the molecule is O=S(=O)(NCc1ccccc1)c1ccc(S(=O)(=O)NCc2ccncc2)cc1. The molecule has 0 fully saturated rings. The van der Waals surface area contributed by atoms with Crippen LogP contribution in [0.25, 0.3) is 0 Å². The Bertz CT molecular complexity index is 1020. The van der Waals surface area contributed by atoms with Crippen molar-refractivity contribution in [3.8, 4) is 0 Å². The molecule has 3 aromatic rings. The summed E-state index contributed by atoms with van der Waals surface area (Å²) in [5, 5.41) is 0. The van der Waals surface area contributed by atoms with Gasteiger partial charge >= 0.3 is 0 Å². The number of benzene rings is 2. The van der Waals surface area contributed by atoms with Gasteiger partial charge in [0.25, 0.3) is 0 Å². The highest BCUT2D eigenvalue weighted by Gasteiger charge is 2.17. The molecule has 0 radical (unpaired) electrons. The number of rotatable bonds is 8. The van der Waals surface area contributed by atoms with Gasteiger partial charge in [-0.2, -0.15) is 0 Å². The average Bonchev–Trinajstić information content (AvgIpc) is 2.73. The Hall–Kier alpha value is -2.59. The van der Waals surface area contributed by atoms with Crippen molar-refractivity contribution in [3.63, 3.8) is 0 Å². The first-order chi connectivity index (χ1) is 13.4. The summed E-state index contributed by atoms with van der Waals surface area (Å²) in [5.74, 6) is 0. The van der Waals surface area contributed by atoms with Gasteiger partial charge in [0.1, 0.15) is 0 Å². The van der Waals surface area contributed by atoms with Gasteiger partial charge in [0.15, 0.2) is 0 Å². The van der Waals surface area contributed by atoms with E-state index in [0.29, 0.717) is 0 Å².